The van der Waals surface area contributed by atoms with Crippen LogP contribution >= 0.6 is 0 Å². The van der Waals surface area contributed by atoms with Crippen molar-refractivity contribution in [2.45, 2.75) is 294 Å². The number of ether oxygens (including phenoxy) is 5. The van der Waals surface area contributed by atoms with Crippen LogP contribution in [-0.4, -0.2) is 108 Å². The summed E-state index contributed by atoms with van der Waals surface area (Å²) in [6.45, 7) is 51.1. The predicted octanol–water partition coefficient (Wildman–Crippen LogP) is 15.6. The second-order valence-electron chi connectivity index (χ2n) is 27.8. The molecule has 3 aliphatic rings. The lowest BCUT2D eigenvalue weighted by Crippen LogP contribution is -2.61. The van der Waals surface area contributed by atoms with Crippen LogP contribution < -0.4 is 0 Å². The Hall–Kier alpha value is -0.272. The predicted molar refractivity (Wildman–Crippen MR) is 297 cm³/mol. The molecule has 3 aliphatic heterocycles. The second-order valence-corrected chi connectivity index (χ2v) is 46.9. The molecule has 13 heteroatoms. The molecule has 1 spiro atoms. The molecule has 0 unspecified atom stereocenters. The van der Waals surface area contributed by atoms with E-state index in [1.165, 1.54) is 5.56 Å². The molecule has 1 aromatic carbocycles. The summed E-state index contributed by atoms with van der Waals surface area (Å²) in [7, 11) is -6.92. The molecule has 3 saturated heterocycles. The fourth-order valence-corrected chi connectivity index (χ4v) is 14.2. The highest BCUT2D eigenvalue weighted by molar-refractivity contribution is 6.75. The first-order valence-electron chi connectivity index (χ1n) is 27.3. The van der Waals surface area contributed by atoms with E-state index in [0.717, 1.165) is 70.6 Å². The first-order chi connectivity index (χ1) is 31.5. The Balaban J connectivity index is 1.62. The molecular formula is C56H108O9Si4. The highest BCUT2D eigenvalue weighted by Gasteiger charge is 2.53. The number of methoxy groups -OCH3 is 1. The summed E-state index contributed by atoms with van der Waals surface area (Å²) in [6, 6.07) is 10.5. The zero-order valence-corrected chi connectivity index (χ0v) is 52.7. The maximum absolute atomic E-state index is 7.59. The minimum absolute atomic E-state index is 0.00138. The molecule has 0 aromatic heterocycles. The molecule has 69 heavy (non-hydrogen) atoms. The third kappa shape index (κ3) is 17.4. The molecule has 4 rings (SSSR count). The van der Waals surface area contributed by atoms with Crippen LogP contribution in [0.15, 0.2) is 30.3 Å². The highest BCUT2D eigenvalue weighted by Crippen LogP contribution is 2.48. The van der Waals surface area contributed by atoms with E-state index in [-0.39, 0.29) is 69.0 Å². The number of benzene rings is 1. The molecule has 0 aliphatic carbocycles. The van der Waals surface area contributed by atoms with Gasteiger partial charge in [0.05, 0.1) is 43.7 Å². The standard InChI is InChI=1S/C56H108O9Si4/c1-42-31-34-56(35-32-48(57-14)51(62-56)50(65-69(21,22)55(11,12)13)41-59-66(15,16)52(2,3)4)61-49(42)39-47(64-68(19,20)54(8,9)10)38-46(63-67(17,18)53(5,6)7)37-45-30-26-29-44(60-45)33-36-58-40-43-27-24-23-25-28-43/h23-25,27-28,42,44-51H,26,29-41H2,1-22H3/t42-,44+,45-,46+,47-,48-,49+,50-,51-,56+/m0/s1. The van der Waals surface area contributed by atoms with Crippen molar-refractivity contribution in [2.24, 2.45) is 5.92 Å². The normalized spacial score (nSPS) is 27.6. The summed E-state index contributed by atoms with van der Waals surface area (Å²) in [4.78, 5) is 0. The molecule has 10 atom stereocenters. The van der Waals surface area contributed by atoms with Gasteiger partial charge >= 0.3 is 0 Å². The molecular weight excluding hydrogens is 929 g/mol. The Labute approximate surface area is 429 Å². The Morgan fingerprint density at radius 1 is 0.638 bits per heavy atom. The molecule has 0 saturated carbocycles. The van der Waals surface area contributed by atoms with Crippen LogP contribution in [0.1, 0.15) is 166 Å². The van der Waals surface area contributed by atoms with Gasteiger partial charge in [-0.3, -0.25) is 0 Å². The molecule has 3 fully saturated rings. The van der Waals surface area contributed by atoms with Crippen molar-refractivity contribution in [2.75, 3.05) is 20.3 Å². The fourth-order valence-electron chi connectivity index (χ4n) is 9.13. The number of rotatable bonds is 22. The average Bonchev–Trinajstić information content (AvgIpc) is 3.21. The largest absolute Gasteiger partial charge is 0.414 e. The van der Waals surface area contributed by atoms with Crippen LogP contribution in [-0.2, 0) is 48.0 Å². The summed E-state index contributed by atoms with van der Waals surface area (Å²) < 4.78 is 63.9. The SMILES string of the molecule is CO[C@H]1CC[C@@]2(CC[C@H](C)[C@@H](C[C@H](C[C@@H](C[C@@H]3CCC[C@H](CCOCc4ccccc4)O3)O[Si](C)(C)C(C)(C)C)O[Si](C)(C)C(C)(C)C)O2)O[C@@H]1[C@H](CO[Si](C)(C)C(C)(C)C)O[Si](C)(C)C(C)(C)C. The van der Waals surface area contributed by atoms with Gasteiger partial charge in [0.1, 0.15) is 6.10 Å². The lowest BCUT2D eigenvalue weighted by Gasteiger charge is -2.53. The summed E-state index contributed by atoms with van der Waals surface area (Å²) >= 11 is 0. The van der Waals surface area contributed by atoms with E-state index >= 15 is 0 Å². The number of hydrogen-bond acceptors (Lipinski definition) is 9. The fraction of sp³-hybridized carbons (Fsp3) is 0.893. The van der Waals surface area contributed by atoms with Crippen LogP contribution in [0, 0.1) is 5.92 Å². The van der Waals surface area contributed by atoms with Gasteiger partial charge in [-0.1, -0.05) is 120 Å². The summed E-state index contributed by atoms with van der Waals surface area (Å²) in [5.41, 5.74) is 1.21. The van der Waals surface area contributed by atoms with Crippen molar-refractivity contribution in [1.82, 2.24) is 0 Å². The molecule has 0 N–H and O–H groups in total. The molecule has 9 nitrogen and oxygen atoms in total. The summed E-state index contributed by atoms with van der Waals surface area (Å²) in [5, 5.41) is 0.204. The lowest BCUT2D eigenvalue weighted by molar-refractivity contribution is -0.349. The Kier molecular flexibility index (Phi) is 21.5. The Morgan fingerprint density at radius 2 is 1.16 bits per heavy atom. The van der Waals surface area contributed by atoms with Crippen LogP contribution in [0.2, 0.25) is 72.5 Å². The lowest BCUT2D eigenvalue weighted by atomic mass is 9.84. The van der Waals surface area contributed by atoms with Gasteiger partial charge in [0.15, 0.2) is 39.1 Å². The van der Waals surface area contributed by atoms with Gasteiger partial charge in [0.2, 0.25) is 0 Å². The van der Waals surface area contributed by atoms with Crippen LogP contribution in [0.5, 0.6) is 0 Å². The van der Waals surface area contributed by atoms with Gasteiger partial charge < -0.3 is 41.4 Å². The van der Waals surface area contributed by atoms with Crippen molar-refractivity contribution in [1.29, 1.82) is 0 Å². The summed E-state index contributed by atoms with van der Waals surface area (Å²) in [6.07, 6.45) is 9.67. The number of hydrogen-bond donors (Lipinski definition) is 0. The summed E-state index contributed by atoms with van der Waals surface area (Å²) in [5.74, 6) is -0.396. The van der Waals surface area contributed by atoms with E-state index in [0.29, 0.717) is 25.7 Å². The molecule has 0 amide bonds. The molecule has 0 radical (unpaired) electrons. The highest BCUT2D eigenvalue weighted by atomic mass is 28.4. The van der Waals surface area contributed by atoms with Crippen molar-refractivity contribution < 1.29 is 41.4 Å². The zero-order valence-electron chi connectivity index (χ0n) is 48.7. The van der Waals surface area contributed by atoms with Gasteiger partial charge in [-0.05, 0) is 142 Å². The molecule has 0 bridgehead atoms. The first kappa shape index (κ1) is 61.3. The van der Waals surface area contributed by atoms with Gasteiger partial charge in [-0.25, -0.2) is 0 Å². The first-order valence-corrected chi connectivity index (χ1v) is 39.0. The van der Waals surface area contributed by atoms with E-state index in [1.54, 1.807) is 0 Å². The zero-order chi connectivity index (χ0) is 52.1. The van der Waals surface area contributed by atoms with Crippen molar-refractivity contribution in [3.63, 3.8) is 0 Å². The van der Waals surface area contributed by atoms with Crippen LogP contribution in [0.3, 0.4) is 0 Å². The van der Waals surface area contributed by atoms with Gasteiger partial charge in [0.25, 0.3) is 0 Å². The minimum atomic E-state index is -2.24. The third-order valence-corrected chi connectivity index (χ3v) is 36.1. The molecule has 3 heterocycles. The van der Waals surface area contributed by atoms with Crippen molar-refractivity contribution >= 4 is 33.3 Å². The monoisotopic (exact) mass is 1040 g/mol. The maximum atomic E-state index is 7.59. The van der Waals surface area contributed by atoms with E-state index in [4.69, 9.17) is 41.4 Å². The average molecular weight is 1040 g/mol. The smallest absolute Gasteiger partial charge is 0.192 e. The minimum Gasteiger partial charge on any atom is -0.414 e. The van der Waals surface area contributed by atoms with Gasteiger partial charge in [0, 0.05) is 38.8 Å². The van der Waals surface area contributed by atoms with Crippen molar-refractivity contribution in [3.8, 4) is 0 Å². The van der Waals surface area contributed by atoms with E-state index in [1.807, 2.05) is 7.11 Å². The van der Waals surface area contributed by atoms with Gasteiger partial charge in [-0.15, -0.1) is 0 Å². The Bertz CT molecular complexity index is 1680. The second kappa shape index (κ2) is 24.2. The molecule has 402 valence electrons. The van der Waals surface area contributed by atoms with E-state index in [9.17, 15) is 0 Å². The molecule has 1 aromatic rings. The van der Waals surface area contributed by atoms with Crippen LogP contribution in [0.4, 0.5) is 0 Å². The Morgan fingerprint density at radius 3 is 1.71 bits per heavy atom. The third-order valence-electron chi connectivity index (χ3n) is 18.1. The van der Waals surface area contributed by atoms with Crippen molar-refractivity contribution in [3.05, 3.63) is 35.9 Å². The maximum Gasteiger partial charge on any atom is 0.192 e. The van der Waals surface area contributed by atoms with Gasteiger partial charge in [-0.2, -0.15) is 0 Å². The van der Waals surface area contributed by atoms with Crippen LogP contribution in [0.25, 0.3) is 0 Å². The van der Waals surface area contributed by atoms with E-state index < -0.39 is 39.1 Å². The topological polar surface area (TPSA) is 83.1 Å². The van der Waals surface area contributed by atoms with E-state index in [2.05, 4.69) is 173 Å². The quantitative estimate of drug-likeness (QED) is 0.0833.